The topological polar surface area (TPSA) is 96.7 Å². The maximum Gasteiger partial charge on any atom is 0.254 e. The molecule has 1 saturated heterocycles. The first kappa shape index (κ1) is 17.3. The Kier molecular flexibility index (Phi) is 4.69. The third kappa shape index (κ3) is 3.33. The maximum atomic E-state index is 12.4. The Labute approximate surface area is 145 Å². The minimum Gasteiger partial charge on any atom is -0.354 e. The number of hydrogen-bond acceptors (Lipinski definition) is 4. The van der Waals surface area contributed by atoms with Crippen LogP contribution in [0.1, 0.15) is 31.9 Å². The highest BCUT2D eigenvalue weighted by Crippen LogP contribution is 2.21. The second-order valence-electron chi connectivity index (χ2n) is 6.61. The van der Waals surface area contributed by atoms with Crippen LogP contribution in [0.15, 0.2) is 4.99 Å². The largest absolute Gasteiger partial charge is 0.354 e. The molecule has 0 spiro atoms. The second-order valence-corrected chi connectivity index (χ2v) is 6.61. The Morgan fingerprint density at radius 3 is 2.80 bits per heavy atom. The minimum absolute atomic E-state index is 0.0224. The molecule has 0 saturated carbocycles. The predicted molar refractivity (Wildman–Crippen MR) is 89.7 cm³/mol. The summed E-state index contributed by atoms with van der Waals surface area (Å²) in [7, 11) is 1.77. The Hall–Kier alpha value is -2.51. The van der Waals surface area contributed by atoms with Crippen molar-refractivity contribution in [2.75, 3.05) is 19.6 Å². The molecule has 0 radical (unpaired) electrons. The van der Waals surface area contributed by atoms with Gasteiger partial charge in [-0.15, -0.1) is 0 Å². The molecule has 3 heterocycles. The van der Waals surface area contributed by atoms with Gasteiger partial charge in [-0.2, -0.15) is 10.1 Å². The average Bonchev–Trinajstić information content (AvgIpc) is 2.72. The van der Waals surface area contributed by atoms with Crippen LogP contribution in [-0.4, -0.2) is 52.0 Å². The number of aromatic nitrogens is 2. The summed E-state index contributed by atoms with van der Waals surface area (Å²) >= 11 is 0. The average molecular weight is 345 g/mol. The molecule has 3 amide bonds. The number of hydrogen-bond donors (Lipinski definition) is 1. The number of nitrogens with zero attached hydrogens (tertiary/aromatic N) is 4. The van der Waals surface area contributed by atoms with E-state index in [-0.39, 0.29) is 30.1 Å². The zero-order valence-corrected chi connectivity index (χ0v) is 14.8. The third-order valence-corrected chi connectivity index (χ3v) is 4.94. The molecule has 2 aliphatic heterocycles. The lowest BCUT2D eigenvalue weighted by Gasteiger charge is -2.21. The fourth-order valence-electron chi connectivity index (χ4n) is 3.56. The molecule has 0 aromatic carbocycles. The van der Waals surface area contributed by atoms with E-state index < -0.39 is 0 Å². The highest BCUT2D eigenvalue weighted by atomic mass is 16.2. The molecule has 25 heavy (non-hydrogen) atoms. The number of carbonyl (C=O) groups is 3. The van der Waals surface area contributed by atoms with E-state index in [4.69, 9.17) is 0 Å². The van der Waals surface area contributed by atoms with Crippen molar-refractivity contribution in [3.63, 3.8) is 0 Å². The lowest BCUT2D eigenvalue weighted by atomic mass is 9.91. The number of amides is 3. The first-order chi connectivity index (χ1) is 11.9. The first-order valence-electron chi connectivity index (χ1n) is 8.56. The predicted octanol–water partition coefficient (Wildman–Crippen LogP) is -1.20. The summed E-state index contributed by atoms with van der Waals surface area (Å²) < 4.78 is 1.62. The first-order valence-corrected chi connectivity index (χ1v) is 8.56. The normalized spacial score (nSPS) is 20.7. The zero-order chi connectivity index (χ0) is 18.1. The molecule has 0 bridgehead atoms. The smallest absolute Gasteiger partial charge is 0.254 e. The van der Waals surface area contributed by atoms with E-state index in [9.17, 15) is 14.4 Å². The fourth-order valence-corrected chi connectivity index (χ4v) is 3.56. The van der Waals surface area contributed by atoms with Crippen LogP contribution in [0.2, 0.25) is 0 Å². The lowest BCUT2D eigenvalue weighted by Crippen LogP contribution is -2.40. The summed E-state index contributed by atoms with van der Waals surface area (Å²) in [6, 6.07) is 0. The molecule has 1 aromatic heterocycles. The van der Waals surface area contributed by atoms with Gasteiger partial charge in [-0.1, -0.05) is 0 Å². The molecule has 0 aliphatic carbocycles. The van der Waals surface area contributed by atoms with Crippen LogP contribution in [0.3, 0.4) is 0 Å². The SMILES string of the molecule is CC1=c2c(C)nn(C)c2=NC(=O)C1CCC(=O)N1CCNC(=O)CC1. The van der Waals surface area contributed by atoms with E-state index in [2.05, 4.69) is 15.4 Å². The maximum absolute atomic E-state index is 12.4. The Balaban J connectivity index is 1.73. The second kappa shape index (κ2) is 6.78. The van der Waals surface area contributed by atoms with E-state index in [1.165, 1.54) is 0 Å². The molecular formula is C17H23N5O3. The summed E-state index contributed by atoms with van der Waals surface area (Å²) in [6.07, 6.45) is 1.03. The molecule has 8 nitrogen and oxygen atoms in total. The highest BCUT2D eigenvalue weighted by Gasteiger charge is 2.28. The Morgan fingerprint density at radius 2 is 2.04 bits per heavy atom. The summed E-state index contributed by atoms with van der Waals surface area (Å²) in [5, 5.41) is 8.01. The highest BCUT2D eigenvalue weighted by molar-refractivity contribution is 5.90. The van der Waals surface area contributed by atoms with E-state index in [0.29, 0.717) is 38.0 Å². The van der Waals surface area contributed by atoms with Crippen molar-refractivity contribution >= 4 is 23.3 Å². The van der Waals surface area contributed by atoms with Gasteiger partial charge < -0.3 is 10.2 Å². The summed E-state index contributed by atoms with van der Waals surface area (Å²) in [4.78, 5) is 42.1. The molecule has 134 valence electrons. The summed E-state index contributed by atoms with van der Waals surface area (Å²) in [5.74, 6) is -0.647. The van der Waals surface area contributed by atoms with Gasteiger partial charge in [-0.05, 0) is 25.8 Å². The van der Waals surface area contributed by atoms with Crippen molar-refractivity contribution in [1.29, 1.82) is 0 Å². The van der Waals surface area contributed by atoms with Crippen LogP contribution in [0, 0.1) is 12.8 Å². The molecule has 1 N–H and O–H groups in total. The quantitative estimate of drug-likeness (QED) is 0.744. The molecule has 1 fully saturated rings. The van der Waals surface area contributed by atoms with Gasteiger partial charge in [-0.25, -0.2) is 0 Å². The number of carbonyl (C=O) groups excluding carboxylic acids is 3. The molecule has 1 atom stereocenters. The van der Waals surface area contributed by atoms with E-state index >= 15 is 0 Å². The number of fused-ring (bicyclic) bond motifs is 1. The lowest BCUT2D eigenvalue weighted by molar-refractivity contribution is -0.131. The molecule has 8 heteroatoms. The van der Waals surface area contributed by atoms with Crippen molar-refractivity contribution < 1.29 is 14.4 Å². The van der Waals surface area contributed by atoms with Gasteiger partial charge in [0.2, 0.25) is 11.8 Å². The van der Waals surface area contributed by atoms with Gasteiger partial charge in [0.1, 0.15) is 0 Å². The van der Waals surface area contributed by atoms with Crippen molar-refractivity contribution in [2.45, 2.75) is 33.1 Å². The summed E-state index contributed by atoms with van der Waals surface area (Å²) in [5.41, 5.74) is 2.38. The fraction of sp³-hybridized carbons (Fsp3) is 0.588. The molecule has 3 rings (SSSR count). The standard InChI is InChI=1S/C17H23N5O3/c1-10-12(17(25)19-16-15(10)11(2)20-21(16)3)4-5-14(24)22-8-6-13(23)18-7-9-22/h12H,4-9H2,1-3H3,(H,18,23). The Bertz CT molecular complexity index is 854. The number of rotatable bonds is 3. The van der Waals surface area contributed by atoms with E-state index in [1.54, 1.807) is 16.6 Å². The third-order valence-electron chi connectivity index (χ3n) is 4.94. The van der Waals surface area contributed by atoms with Crippen LogP contribution in [-0.2, 0) is 21.4 Å². The molecule has 1 unspecified atom stereocenters. The van der Waals surface area contributed by atoms with Gasteiger partial charge in [0.15, 0.2) is 5.49 Å². The van der Waals surface area contributed by atoms with Crippen molar-refractivity contribution in [3.05, 3.63) is 16.4 Å². The van der Waals surface area contributed by atoms with Crippen LogP contribution in [0.4, 0.5) is 0 Å². The minimum atomic E-state index is -0.383. The van der Waals surface area contributed by atoms with Gasteiger partial charge in [0.25, 0.3) is 5.91 Å². The van der Waals surface area contributed by atoms with Gasteiger partial charge in [-0.3, -0.25) is 19.1 Å². The van der Waals surface area contributed by atoms with Crippen LogP contribution >= 0.6 is 0 Å². The number of aryl methyl sites for hydroxylation is 2. The monoisotopic (exact) mass is 345 g/mol. The van der Waals surface area contributed by atoms with E-state index in [0.717, 1.165) is 16.5 Å². The Morgan fingerprint density at radius 1 is 1.28 bits per heavy atom. The summed E-state index contributed by atoms with van der Waals surface area (Å²) in [6.45, 7) is 5.25. The van der Waals surface area contributed by atoms with Crippen molar-refractivity contribution in [1.82, 2.24) is 20.0 Å². The molecule has 2 aliphatic rings. The van der Waals surface area contributed by atoms with Gasteiger partial charge >= 0.3 is 0 Å². The van der Waals surface area contributed by atoms with Crippen molar-refractivity contribution in [2.24, 2.45) is 18.0 Å². The van der Waals surface area contributed by atoms with Crippen molar-refractivity contribution in [3.8, 4) is 0 Å². The van der Waals surface area contributed by atoms with Gasteiger partial charge in [0.05, 0.1) is 11.6 Å². The molecule has 1 aromatic rings. The number of nitrogens with one attached hydrogen (secondary N) is 1. The van der Waals surface area contributed by atoms with E-state index in [1.807, 2.05) is 13.8 Å². The van der Waals surface area contributed by atoms with Crippen LogP contribution < -0.4 is 16.0 Å². The van der Waals surface area contributed by atoms with Gasteiger partial charge in [0, 0.05) is 44.7 Å². The zero-order valence-electron chi connectivity index (χ0n) is 14.8. The van der Waals surface area contributed by atoms with Crippen LogP contribution in [0.25, 0.3) is 5.57 Å². The molecular weight excluding hydrogens is 322 g/mol. The van der Waals surface area contributed by atoms with Crippen LogP contribution in [0.5, 0.6) is 0 Å².